The summed E-state index contributed by atoms with van der Waals surface area (Å²) in [6.45, 7) is 1.66. The van der Waals surface area contributed by atoms with Crippen molar-refractivity contribution in [3.8, 4) is 11.5 Å². The Bertz CT molecular complexity index is 676. The second-order valence-corrected chi connectivity index (χ2v) is 4.45. The van der Waals surface area contributed by atoms with Crippen molar-refractivity contribution in [1.29, 1.82) is 0 Å². The number of carbonyl (C=O) groups excluding carboxylic acids is 1. The van der Waals surface area contributed by atoms with Gasteiger partial charge in [0.05, 0.1) is 19.8 Å². The highest BCUT2D eigenvalue weighted by molar-refractivity contribution is 6.10. The monoisotopic (exact) mass is 292 g/mol. The Morgan fingerprint density at radius 3 is 2.05 bits per heavy atom. The first-order valence-corrected chi connectivity index (χ1v) is 6.21. The van der Waals surface area contributed by atoms with Crippen LogP contribution in [-0.2, 0) is 0 Å². The third-order valence-corrected chi connectivity index (χ3v) is 3.16. The zero-order valence-corrected chi connectivity index (χ0v) is 11.9. The summed E-state index contributed by atoms with van der Waals surface area (Å²) in [5, 5.41) is 0. The quantitative estimate of drug-likeness (QED) is 0.809. The number of hydrogen-bond acceptors (Lipinski definition) is 3. The fourth-order valence-corrected chi connectivity index (χ4v) is 2.07. The minimum atomic E-state index is -0.894. The Labute approximate surface area is 121 Å². The fourth-order valence-electron chi connectivity index (χ4n) is 2.07. The second-order valence-electron chi connectivity index (χ2n) is 4.45. The molecule has 21 heavy (non-hydrogen) atoms. The lowest BCUT2D eigenvalue weighted by molar-refractivity contribution is 0.103. The van der Waals surface area contributed by atoms with Crippen LogP contribution < -0.4 is 9.47 Å². The van der Waals surface area contributed by atoms with Crippen molar-refractivity contribution in [2.24, 2.45) is 0 Å². The third-order valence-electron chi connectivity index (χ3n) is 3.16. The summed E-state index contributed by atoms with van der Waals surface area (Å²) in [6, 6.07) is 6.31. The summed E-state index contributed by atoms with van der Waals surface area (Å²) >= 11 is 0. The molecule has 2 rings (SSSR count). The summed E-state index contributed by atoms with van der Waals surface area (Å²) in [5.41, 5.74) is 0.129. The molecule has 2 aromatic carbocycles. The van der Waals surface area contributed by atoms with E-state index in [2.05, 4.69) is 0 Å². The van der Waals surface area contributed by atoms with Crippen LogP contribution in [-0.4, -0.2) is 20.0 Å². The maximum atomic E-state index is 13.7. The van der Waals surface area contributed by atoms with E-state index in [0.29, 0.717) is 17.1 Å². The molecule has 0 bridgehead atoms. The first-order chi connectivity index (χ1) is 9.99. The van der Waals surface area contributed by atoms with E-state index in [9.17, 15) is 13.6 Å². The maximum absolute atomic E-state index is 13.7. The van der Waals surface area contributed by atoms with E-state index in [1.54, 1.807) is 13.0 Å². The van der Waals surface area contributed by atoms with Gasteiger partial charge in [-0.3, -0.25) is 4.79 Å². The van der Waals surface area contributed by atoms with Gasteiger partial charge >= 0.3 is 0 Å². The van der Waals surface area contributed by atoms with Crippen molar-refractivity contribution in [3.63, 3.8) is 0 Å². The molecule has 0 saturated heterocycles. The van der Waals surface area contributed by atoms with Gasteiger partial charge in [-0.2, -0.15) is 0 Å². The van der Waals surface area contributed by atoms with Crippen molar-refractivity contribution in [2.75, 3.05) is 14.2 Å². The van der Waals surface area contributed by atoms with Gasteiger partial charge in [-0.15, -0.1) is 0 Å². The minimum absolute atomic E-state index is 0.164. The molecule has 2 aromatic rings. The van der Waals surface area contributed by atoms with Crippen LogP contribution in [0.25, 0.3) is 0 Å². The Morgan fingerprint density at radius 2 is 1.52 bits per heavy atom. The van der Waals surface area contributed by atoms with Gasteiger partial charge in [-0.05, 0) is 36.8 Å². The lowest BCUT2D eigenvalue weighted by atomic mass is 9.97. The van der Waals surface area contributed by atoms with Crippen LogP contribution in [0.1, 0.15) is 21.5 Å². The van der Waals surface area contributed by atoms with Gasteiger partial charge < -0.3 is 9.47 Å². The molecule has 0 amide bonds. The number of carbonyl (C=O) groups is 1. The third kappa shape index (κ3) is 2.72. The molecule has 5 heteroatoms. The first-order valence-electron chi connectivity index (χ1n) is 6.21. The number of benzene rings is 2. The van der Waals surface area contributed by atoms with Gasteiger partial charge in [0.2, 0.25) is 0 Å². The van der Waals surface area contributed by atoms with Gasteiger partial charge in [0.15, 0.2) is 17.3 Å². The topological polar surface area (TPSA) is 35.5 Å². The predicted octanol–water partition coefficient (Wildman–Crippen LogP) is 3.52. The van der Waals surface area contributed by atoms with Crippen LogP contribution in [0.5, 0.6) is 11.5 Å². The van der Waals surface area contributed by atoms with Crippen molar-refractivity contribution < 1.29 is 23.0 Å². The molecule has 0 N–H and O–H groups in total. The number of ether oxygens (including phenoxy) is 2. The molecule has 0 aliphatic rings. The van der Waals surface area contributed by atoms with Crippen molar-refractivity contribution in [1.82, 2.24) is 0 Å². The Hall–Kier alpha value is -2.43. The van der Waals surface area contributed by atoms with Crippen LogP contribution >= 0.6 is 0 Å². The largest absolute Gasteiger partial charge is 0.493 e. The summed E-state index contributed by atoms with van der Waals surface area (Å²) in [4.78, 5) is 12.4. The molecule has 3 nitrogen and oxygen atoms in total. The van der Waals surface area contributed by atoms with Gasteiger partial charge in [0.25, 0.3) is 0 Å². The molecule has 0 aromatic heterocycles. The van der Waals surface area contributed by atoms with Crippen LogP contribution in [0, 0.1) is 18.6 Å². The molecular weight excluding hydrogens is 278 g/mol. The van der Waals surface area contributed by atoms with E-state index in [0.717, 1.165) is 12.1 Å². The van der Waals surface area contributed by atoms with E-state index in [1.165, 1.54) is 26.4 Å². The average Bonchev–Trinajstić information content (AvgIpc) is 2.46. The number of methoxy groups -OCH3 is 2. The smallest absolute Gasteiger partial charge is 0.199 e. The van der Waals surface area contributed by atoms with Gasteiger partial charge in [-0.25, -0.2) is 8.78 Å². The fraction of sp³-hybridized carbons (Fsp3) is 0.188. The highest BCUT2D eigenvalue weighted by atomic mass is 19.1. The van der Waals surface area contributed by atoms with E-state index in [4.69, 9.17) is 9.47 Å². The number of halogens is 2. The summed E-state index contributed by atoms with van der Waals surface area (Å²) in [5.74, 6) is -1.75. The number of hydrogen-bond donors (Lipinski definition) is 0. The molecule has 0 heterocycles. The molecule has 0 unspecified atom stereocenters. The highest BCUT2D eigenvalue weighted by Gasteiger charge is 2.22. The molecular formula is C16H14F2O3. The molecule has 110 valence electrons. The zero-order valence-electron chi connectivity index (χ0n) is 11.9. The van der Waals surface area contributed by atoms with Crippen LogP contribution in [0.3, 0.4) is 0 Å². The second kappa shape index (κ2) is 5.91. The Balaban J connectivity index is 2.59. The number of aryl methyl sites for hydroxylation is 1. The van der Waals surface area contributed by atoms with E-state index >= 15 is 0 Å². The minimum Gasteiger partial charge on any atom is -0.493 e. The number of rotatable bonds is 4. The van der Waals surface area contributed by atoms with Crippen molar-refractivity contribution >= 4 is 5.78 Å². The van der Waals surface area contributed by atoms with Gasteiger partial charge in [-0.1, -0.05) is 6.07 Å². The average molecular weight is 292 g/mol. The van der Waals surface area contributed by atoms with E-state index in [1.807, 2.05) is 0 Å². The molecule has 0 atom stereocenters. The summed E-state index contributed by atoms with van der Waals surface area (Å²) < 4.78 is 37.7. The SMILES string of the molecule is COc1cc(C)c(C(=O)c2c(F)cccc2F)cc1OC. The van der Waals surface area contributed by atoms with Crippen molar-refractivity contribution in [2.45, 2.75) is 6.92 Å². The molecule has 0 aliphatic heterocycles. The van der Waals surface area contributed by atoms with E-state index < -0.39 is 23.0 Å². The van der Waals surface area contributed by atoms with E-state index in [-0.39, 0.29) is 5.56 Å². The first kappa shape index (κ1) is 15.0. The van der Waals surface area contributed by atoms with Gasteiger partial charge in [0, 0.05) is 5.56 Å². The van der Waals surface area contributed by atoms with Crippen LogP contribution in [0.2, 0.25) is 0 Å². The van der Waals surface area contributed by atoms with Crippen molar-refractivity contribution in [3.05, 3.63) is 58.7 Å². The van der Waals surface area contributed by atoms with Crippen LogP contribution in [0.4, 0.5) is 8.78 Å². The van der Waals surface area contributed by atoms with Crippen LogP contribution in [0.15, 0.2) is 30.3 Å². The molecule has 0 spiro atoms. The Morgan fingerprint density at radius 1 is 1.00 bits per heavy atom. The molecule has 0 aliphatic carbocycles. The summed E-state index contributed by atoms with van der Waals surface area (Å²) in [7, 11) is 2.89. The van der Waals surface area contributed by atoms with Gasteiger partial charge in [0.1, 0.15) is 11.6 Å². The molecule has 0 fully saturated rings. The zero-order chi connectivity index (χ0) is 15.6. The maximum Gasteiger partial charge on any atom is 0.199 e. The number of ketones is 1. The lowest BCUT2D eigenvalue weighted by Gasteiger charge is -2.12. The molecule has 0 radical (unpaired) electrons. The Kier molecular flexibility index (Phi) is 4.21. The standard InChI is InChI=1S/C16H14F2O3/c1-9-7-13(20-2)14(21-3)8-10(9)16(19)15-11(17)5-4-6-12(15)18/h4-8H,1-3H3. The predicted molar refractivity (Wildman–Crippen MR) is 74.1 cm³/mol. The summed E-state index contributed by atoms with van der Waals surface area (Å²) in [6.07, 6.45) is 0. The molecule has 0 saturated carbocycles. The highest BCUT2D eigenvalue weighted by Crippen LogP contribution is 2.31. The normalized spacial score (nSPS) is 10.3. The lowest BCUT2D eigenvalue weighted by Crippen LogP contribution is -2.09.